The van der Waals surface area contributed by atoms with Gasteiger partial charge in [-0.15, -0.1) is 0 Å². The minimum absolute atomic E-state index is 0.811. The predicted molar refractivity (Wildman–Crippen MR) is 163 cm³/mol. The summed E-state index contributed by atoms with van der Waals surface area (Å²) in [6, 6.07) is 0.811. The van der Waals surface area contributed by atoms with Crippen LogP contribution in [0.1, 0.15) is 175 Å². The van der Waals surface area contributed by atoms with E-state index in [0.717, 1.165) is 12.5 Å². The molecule has 0 aliphatic carbocycles. The Kier molecular flexibility index (Phi) is 27.6. The Hall–Kier alpha value is -0.560. The lowest BCUT2D eigenvalue weighted by Gasteiger charge is -2.24. The molecule has 1 nitrogen and oxygen atoms in total. The third-order valence-corrected chi connectivity index (χ3v) is 7.69. The molecule has 0 aliphatic heterocycles. The third kappa shape index (κ3) is 26.3. The maximum Gasteiger partial charge on any atom is 0.00891 e. The van der Waals surface area contributed by atoms with Crippen molar-refractivity contribution in [1.29, 1.82) is 0 Å². The third-order valence-electron chi connectivity index (χ3n) is 7.69. The molecule has 0 N–H and O–H groups in total. The van der Waals surface area contributed by atoms with Gasteiger partial charge in [-0.3, -0.25) is 0 Å². The molecule has 0 aromatic heterocycles. The van der Waals surface area contributed by atoms with Crippen molar-refractivity contribution in [2.75, 3.05) is 14.1 Å². The molecule has 35 heavy (non-hydrogen) atoms. The van der Waals surface area contributed by atoms with Gasteiger partial charge >= 0.3 is 0 Å². The Morgan fingerprint density at radius 3 is 1.49 bits per heavy atom. The van der Waals surface area contributed by atoms with E-state index in [0.29, 0.717) is 0 Å². The summed E-state index contributed by atoms with van der Waals surface area (Å²) in [4.78, 5) is 2.48. The van der Waals surface area contributed by atoms with Gasteiger partial charge in [0.05, 0.1) is 0 Å². The molecular formula is C34H67N. The average molecular weight is 490 g/mol. The highest BCUT2D eigenvalue weighted by molar-refractivity contribution is 5.04. The van der Waals surface area contributed by atoms with Crippen LogP contribution in [0.3, 0.4) is 0 Å². The van der Waals surface area contributed by atoms with Crippen LogP contribution in [0.15, 0.2) is 23.8 Å². The molecule has 0 amide bonds. The van der Waals surface area contributed by atoms with Gasteiger partial charge in [-0.2, -0.15) is 0 Å². The monoisotopic (exact) mass is 490 g/mol. The first-order chi connectivity index (χ1) is 17.1. The second-order valence-electron chi connectivity index (χ2n) is 11.5. The van der Waals surface area contributed by atoms with E-state index in [-0.39, 0.29) is 0 Å². The van der Waals surface area contributed by atoms with E-state index >= 15 is 0 Å². The van der Waals surface area contributed by atoms with Gasteiger partial charge in [0.25, 0.3) is 0 Å². The standard InChI is InChI=1S/C34H67N/c1-6-8-10-12-19-23-27-31-34(35(4)5)32-28-24-21-18-16-14-13-15-17-20-22-26-30-33(3)29-25-11-9-7-2/h22,26,29,34H,6-21,23-25,27-28,30-32H2,1-5H3/b26-22-,33-29-. The van der Waals surface area contributed by atoms with Crippen LogP contribution in [-0.2, 0) is 0 Å². The first-order valence-corrected chi connectivity index (χ1v) is 16.1. The van der Waals surface area contributed by atoms with Crippen LogP contribution in [-0.4, -0.2) is 25.0 Å². The van der Waals surface area contributed by atoms with Crippen molar-refractivity contribution in [3.63, 3.8) is 0 Å². The fourth-order valence-corrected chi connectivity index (χ4v) is 5.09. The zero-order valence-electron chi connectivity index (χ0n) is 25.2. The summed E-state index contributed by atoms with van der Waals surface area (Å²) in [6.45, 7) is 6.87. The number of rotatable bonds is 27. The van der Waals surface area contributed by atoms with E-state index in [2.05, 4.69) is 58.0 Å². The molecule has 0 saturated heterocycles. The van der Waals surface area contributed by atoms with Crippen LogP contribution >= 0.6 is 0 Å². The van der Waals surface area contributed by atoms with Crippen LogP contribution < -0.4 is 0 Å². The van der Waals surface area contributed by atoms with Crippen molar-refractivity contribution in [1.82, 2.24) is 4.90 Å². The molecule has 0 fully saturated rings. The molecule has 0 aliphatic rings. The fourth-order valence-electron chi connectivity index (χ4n) is 5.09. The molecule has 0 rings (SSSR count). The summed E-state index contributed by atoms with van der Waals surface area (Å²) < 4.78 is 0. The van der Waals surface area contributed by atoms with Crippen molar-refractivity contribution >= 4 is 0 Å². The van der Waals surface area contributed by atoms with Gasteiger partial charge in [-0.25, -0.2) is 0 Å². The molecule has 1 heteroatoms. The van der Waals surface area contributed by atoms with Crippen molar-refractivity contribution < 1.29 is 0 Å². The molecule has 0 bridgehead atoms. The van der Waals surface area contributed by atoms with Crippen LogP contribution in [0.5, 0.6) is 0 Å². The van der Waals surface area contributed by atoms with Gasteiger partial charge < -0.3 is 4.90 Å². The van der Waals surface area contributed by atoms with Crippen molar-refractivity contribution in [3.05, 3.63) is 23.8 Å². The lowest BCUT2D eigenvalue weighted by molar-refractivity contribution is 0.251. The Morgan fingerprint density at radius 2 is 0.971 bits per heavy atom. The summed E-state index contributed by atoms with van der Waals surface area (Å²) in [7, 11) is 4.57. The molecule has 208 valence electrons. The number of unbranched alkanes of at least 4 members (excludes halogenated alkanes) is 18. The summed E-state index contributed by atoms with van der Waals surface area (Å²) in [5.41, 5.74) is 1.54. The lowest BCUT2D eigenvalue weighted by atomic mass is 9.99. The number of hydrogen-bond acceptors (Lipinski definition) is 1. The maximum atomic E-state index is 2.48. The van der Waals surface area contributed by atoms with E-state index in [4.69, 9.17) is 0 Å². The highest BCUT2D eigenvalue weighted by Gasteiger charge is 2.10. The minimum Gasteiger partial charge on any atom is -0.306 e. The van der Waals surface area contributed by atoms with E-state index in [1.54, 1.807) is 5.57 Å². The quantitative estimate of drug-likeness (QED) is 0.0818. The maximum absolute atomic E-state index is 2.48. The largest absolute Gasteiger partial charge is 0.306 e. The Labute approximate surface area is 223 Å². The molecule has 0 saturated carbocycles. The second-order valence-corrected chi connectivity index (χ2v) is 11.5. The Morgan fingerprint density at radius 1 is 0.543 bits per heavy atom. The average Bonchev–Trinajstić information content (AvgIpc) is 2.84. The smallest absolute Gasteiger partial charge is 0.00891 e. The summed E-state index contributed by atoms with van der Waals surface area (Å²) in [5.74, 6) is 0. The summed E-state index contributed by atoms with van der Waals surface area (Å²) >= 11 is 0. The summed E-state index contributed by atoms with van der Waals surface area (Å²) in [5, 5.41) is 0. The van der Waals surface area contributed by atoms with E-state index in [9.17, 15) is 0 Å². The van der Waals surface area contributed by atoms with E-state index < -0.39 is 0 Å². The van der Waals surface area contributed by atoms with Gasteiger partial charge in [-0.05, 0) is 66.0 Å². The molecule has 0 aromatic carbocycles. The Bertz CT molecular complexity index is 461. The molecule has 0 aromatic rings. The van der Waals surface area contributed by atoms with Crippen molar-refractivity contribution in [2.45, 2.75) is 181 Å². The van der Waals surface area contributed by atoms with Gasteiger partial charge in [0, 0.05) is 6.04 Å². The number of hydrogen-bond donors (Lipinski definition) is 0. The zero-order valence-corrected chi connectivity index (χ0v) is 25.2. The summed E-state index contributed by atoms with van der Waals surface area (Å²) in [6.07, 6.45) is 40.7. The number of allylic oxidation sites excluding steroid dienone is 4. The molecular weight excluding hydrogens is 422 g/mol. The molecule has 1 atom stereocenters. The highest BCUT2D eigenvalue weighted by Crippen LogP contribution is 2.18. The lowest BCUT2D eigenvalue weighted by Crippen LogP contribution is -2.27. The van der Waals surface area contributed by atoms with Crippen molar-refractivity contribution in [2.24, 2.45) is 0 Å². The minimum atomic E-state index is 0.811. The van der Waals surface area contributed by atoms with Crippen LogP contribution in [0.4, 0.5) is 0 Å². The van der Waals surface area contributed by atoms with Gasteiger partial charge in [0.1, 0.15) is 0 Å². The molecule has 1 unspecified atom stereocenters. The van der Waals surface area contributed by atoms with Crippen molar-refractivity contribution in [3.8, 4) is 0 Å². The van der Waals surface area contributed by atoms with Crippen LogP contribution in [0, 0.1) is 0 Å². The molecule has 0 spiro atoms. The predicted octanol–water partition coefficient (Wildman–Crippen LogP) is 11.8. The van der Waals surface area contributed by atoms with E-state index in [1.165, 1.54) is 148 Å². The topological polar surface area (TPSA) is 3.24 Å². The fraction of sp³-hybridized carbons (Fsp3) is 0.882. The highest BCUT2D eigenvalue weighted by atomic mass is 15.1. The molecule has 0 radical (unpaired) electrons. The zero-order chi connectivity index (χ0) is 25.8. The second kappa shape index (κ2) is 28.0. The Balaban J connectivity index is 3.49. The van der Waals surface area contributed by atoms with Gasteiger partial charge in [-0.1, -0.05) is 147 Å². The SMILES string of the molecule is CCCCC/C=C(/C)C/C=C\CCCCCCCCCCCC(CCCCCCCCC)N(C)C. The first kappa shape index (κ1) is 34.4. The van der Waals surface area contributed by atoms with E-state index in [1.807, 2.05) is 0 Å². The number of nitrogens with zero attached hydrogens (tertiary/aromatic N) is 1. The van der Waals surface area contributed by atoms with Gasteiger partial charge in [0.2, 0.25) is 0 Å². The van der Waals surface area contributed by atoms with Gasteiger partial charge in [0.15, 0.2) is 0 Å². The first-order valence-electron chi connectivity index (χ1n) is 16.1. The van der Waals surface area contributed by atoms with Crippen LogP contribution in [0.2, 0.25) is 0 Å². The molecule has 0 heterocycles. The normalized spacial score (nSPS) is 13.4. The van der Waals surface area contributed by atoms with Crippen LogP contribution in [0.25, 0.3) is 0 Å².